The molecule has 2 aromatic rings. The molecule has 1 aromatic carbocycles. The molecule has 1 aliphatic rings. The number of carbonyl (C=O) groups excluding carboxylic acids is 1. The minimum atomic E-state index is -0.871. The van der Waals surface area contributed by atoms with E-state index in [4.69, 9.17) is 9.47 Å². The summed E-state index contributed by atoms with van der Waals surface area (Å²) in [6.07, 6.45) is 0.203. The van der Waals surface area contributed by atoms with Gasteiger partial charge in [-0.2, -0.15) is 0 Å². The van der Waals surface area contributed by atoms with E-state index in [0.717, 1.165) is 0 Å². The monoisotopic (exact) mass is 360 g/mol. The molecule has 1 unspecified atom stereocenters. The Morgan fingerprint density at radius 1 is 1.35 bits per heavy atom. The van der Waals surface area contributed by atoms with Gasteiger partial charge >= 0.3 is 11.7 Å². The van der Waals surface area contributed by atoms with Crippen LogP contribution in [-0.2, 0) is 9.47 Å². The van der Waals surface area contributed by atoms with Crippen LogP contribution in [0.5, 0.6) is 0 Å². The van der Waals surface area contributed by atoms with Crippen LogP contribution >= 0.6 is 0 Å². The SMILES string of the molecule is Cc1cn([C@@H]2CCOC(CO)[C@H]2OC(=O)c2ccccc2)c(=O)[nH]c1=O. The standard InChI is InChI=1S/C18H20N2O6/c1-11-9-20(18(24)19-16(11)22)13-7-8-25-14(10-21)15(13)26-17(23)12-5-3-2-4-6-12/h2-6,9,13-15,21H,7-8,10H2,1H3,(H,19,22,24)/t13-,14?,15+/m1/s1. The second-order valence-corrected chi connectivity index (χ2v) is 6.16. The summed E-state index contributed by atoms with van der Waals surface area (Å²) in [4.78, 5) is 38.6. The van der Waals surface area contributed by atoms with Crippen molar-refractivity contribution in [1.29, 1.82) is 0 Å². The molecule has 3 rings (SSSR count). The summed E-state index contributed by atoms with van der Waals surface area (Å²) in [5, 5.41) is 9.62. The van der Waals surface area contributed by atoms with Gasteiger partial charge in [-0.1, -0.05) is 18.2 Å². The van der Waals surface area contributed by atoms with Gasteiger partial charge in [0.1, 0.15) is 6.10 Å². The first-order valence-corrected chi connectivity index (χ1v) is 8.32. The fourth-order valence-corrected chi connectivity index (χ4v) is 3.05. The molecule has 2 heterocycles. The third-order valence-electron chi connectivity index (χ3n) is 4.43. The lowest BCUT2D eigenvalue weighted by atomic mass is 9.99. The Morgan fingerprint density at radius 2 is 2.08 bits per heavy atom. The van der Waals surface area contributed by atoms with Crippen molar-refractivity contribution in [1.82, 2.24) is 9.55 Å². The fraction of sp³-hybridized carbons (Fsp3) is 0.389. The molecule has 8 heteroatoms. The molecular weight excluding hydrogens is 340 g/mol. The van der Waals surface area contributed by atoms with E-state index in [2.05, 4.69) is 4.98 Å². The number of aromatic amines is 1. The maximum Gasteiger partial charge on any atom is 0.338 e. The smallest absolute Gasteiger partial charge is 0.338 e. The number of aliphatic hydroxyl groups excluding tert-OH is 1. The first-order valence-electron chi connectivity index (χ1n) is 8.32. The largest absolute Gasteiger partial charge is 0.454 e. The molecular formula is C18H20N2O6. The first-order chi connectivity index (χ1) is 12.5. The quantitative estimate of drug-likeness (QED) is 0.764. The summed E-state index contributed by atoms with van der Waals surface area (Å²) in [5.41, 5.74) is -0.330. The van der Waals surface area contributed by atoms with Gasteiger partial charge in [-0.3, -0.25) is 14.3 Å². The lowest BCUT2D eigenvalue weighted by Crippen LogP contribution is -2.49. The fourth-order valence-electron chi connectivity index (χ4n) is 3.05. The Balaban J connectivity index is 1.95. The van der Waals surface area contributed by atoms with Crippen molar-refractivity contribution in [2.24, 2.45) is 0 Å². The Labute approximate surface area is 149 Å². The lowest BCUT2D eigenvalue weighted by Gasteiger charge is -2.37. The number of hydrogen-bond acceptors (Lipinski definition) is 6. The number of aryl methyl sites for hydroxylation is 1. The average Bonchev–Trinajstić information content (AvgIpc) is 2.65. The van der Waals surface area contributed by atoms with Gasteiger partial charge in [-0.25, -0.2) is 9.59 Å². The van der Waals surface area contributed by atoms with Crippen LogP contribution in [0.15, 0.2) is 46.1 Å². The maximum absolute atomic E-state index is 12.5. The van der Waals surface area contributed by atoms with Crippen molar-refractivity contribution in [2.75, 3.05) is 13.2 Å². The van der Waals surface area contributed by atoms with Crippen molar-refractivity contribution in [3.63, 3.8) is 0 Å². The Kier molecular flexibility index (Phi) is 5.34. The van der Waals surface area contributed by atoms with Gasteiger partial charge < -0.3 is 14.6 Å². The number of H-pyrrole nitrogens is 1. The summed E-state index contributed by atoms with van der Waals surface area (Å²) < 4.78 is 12.4. The van der Waals surface area contributed by atoms with E-state index in [0.29, 0.717) is 24.2 Å². The van der Waals surface area contributed by atoms with Crippen LogP contribution in [0.3, 0.4) is 0 Å². The molecule has 1 fully saturated rings. The summed E-state index contributed by atoms with van der Waals surface area (Å²) in [7, 11) is 0. The normalized spacial score (nSPS) is 22.8. The van der Waals surface area contributed by atoms with Gasteiger partial charge in [-0.05, 0) is 25.5 Å². The number of rotatable bonds is 4. The zero-order valence-electron chi connectivity index (χ0n) is 14.3. The molecule has 26 heavy (non-hydrogen) atoms. The zero-order valence-corrected chi connectivity index (χ0v) is 14.3. The highest BCUT2D eigenvalue weighted by Gasteiger charge is 2.39. The van der Waals surface area contributed by atoms with Gasteiger partial charge in [0, 0.05) is 18.4 Å². The molecule has 3 atom stereocenters. The number of hydrogen-bond donors (Lipinski definition) is 2. The molecule has 0 bridgehead atoms. The number of esters is 1. The van der Waals surface area contributed by atoms with Crippen LogP contribution in [0, 0.1) is 6.92 Å². The van der Waals surface area contributed by atoms with E-state index in [1.807, 2.05) is 0 Å². The van der Waals surface area contributed by atoms with E-state index >= 15 is 0 Å². The van der Waals surface area contributed by atoms with Crippen molar-refractivity contribution in [2.45, 2.75) is 31.6 Å². The predicted molar refractivity (Wildman–Crippen MR) is 92.2 cm³/mol. The number of benzene rings is 1. The third-order valence-corrected chi connectivity index (χ3v) is 4.43. The topological polar surface area (TPSA) is 111 Å². The van der Waals surface area contributed by atoms with Gasteiger partial charge in [0.25, 0.3) is 5.56 Å². The Bertz CT molecular complexity index is 889. The van der Waals surface area contributed by atoms with Crippen LogP contribution in [-0.4, -0.2) is 46.0 Å². The number of nitrogens with zero attached hydrogens (tertiary/aromatic N) is 1. The third kappa shape index (κ3) is 3.61. The number of aromatic nitrogens is 2. The van der Waals surface area contributed by atoms with Crippen molar-refractivity contribution in [3.05, 3.63) is 68.5 Å². The molecule has 138 valence electrons. The molecule has 1 aromatic heterocycles. The van der Waals surface area contributed by atoms with Crippen LogP contribution < -0.4 is 11.2 Å². The second kappa shape index (κ2) is 7.67. The van der Waals surface area contributed by atoms with Gasteiger partial charge in [0.05, 0.1) is 18.2 Å². The van der Waals surface area contributed by atoms with Crippen molar-refractivity contribution >= 4 is 5.97 Å². The highest BCUT2D eigenvalue weighted by atomic mass is 16.6. The number of carbonyl (C=O) groups is 1. The molecule has 0 aliphatic carbocycles. The minimum absolute atomic E-state index is 0.292. The van der Waals surface area contributed by atoms with E-state index in [1.54, 1.807) is 37.3 Å². The summed E-state index contributed by atoms with van der Waals surface area (Å²) in [6.45, 7) is 1.52. The van der Waals surface area contributed by atoms with E-state index in [1.165, 1.54) is 10.8 Å². The molecule has 0 spiro atoms. The Hall–Kier alpha value is -2.71. The number of ether oxygens (including phenoxy) is 2. The molecule has 2 N–H and O–H groups in total. The van der Waals surface area contributed by atoms with Gasteiger partial charge in [0.15, 0.2) is 6.10 Å². The number of nitrogens with one attached hydrogen (secondary N) is 1. The van der Waals surface area contributed by atoms with Crippen LogP contribution in [0.25, 0.3) is 0 Å². The van der Waals surface area contributed by atoms with Gasteiger partial charge in [0.2, 0.25) is 0 Å². The molecule has 1 saturated heterocycles. The number of aliphatic hydroxyl groups is 1. The lowest BCUT2D eigenvalue weighted by molar-refractivity contribution is -0.123. The average molecular weight is 360 g/mol. The van der Waals surface area contributed by atoms with Crippen LogP contribution in [0.2, 0.25) is 0 Å². The van der Waals surface area contributed by atoms with E-state index < -0.39 is 35.5 Å². The van der Waals surface area contributed by atoms with Gasteiger partial charge in [-0.15, -0.1) is 0 Å². The van der Waals surface area contributed by atoms with Crippen LogP contribution in [0.1, 0.15) is 28.4 Å². The Morgan fingerprint density at radius 3 is 2.77 bits per heavy atom. The van der Waals surface area contributed by atoms with Crippen molar-refractivity contribution < 1.29 is 19.4 Å². The van der Waals surface area contributed by atoms with E-state index in [-0.39, 0.29) is 6.61 Å². The highest BCUT2D eigenvalue weighted by Crippen LogP contribution is 2.28. The van der Waals surface area contributed by atoms with E-state index in [9.17, 15) is 19.5 Å². The predicted octanol–water partition coefficient (Wildman–Crippen LogP) is 0.393. The minimum Gasteiger partial charge on any atom is -0.454 e. The zero-order chi connectivity index (χ0) is 18.7. The molecule has 0 amide bonds. The molecule has 0 radical (unpaired) electrons. The second-order valence-electron chi connectivity index (χ2n) is 6.16. The van der Waals surface area contributed by atoms with Crippen LogP contribution in [0.4, 0.5) is 0 Å². The first kappa shape index (κ1) is 18.1. The maximum atomic E-state index is 12.5. The summed E-state index contributed by atoms with van der Waals surface area (Å²) >= 11 is 0. The molecule has 8 nitrogen and oxygen atoms in total. The molecule has 1 aliphatic heterocycles. The van der Waals surface area contributed by atoms with Crippen molar-refractivity contribution in [3.8, 4) is 0 Å². The summed E-state index contributed by atoms with van der Waals surface area (Å²) in [5.74, 6) is -0.571. The highest BCUT2D eigenvalue weighted by molar-refractivity contribution is 5.89. The summed E-state index contributed by atoms with van der Waals surface area (Å²) in [6, 6.07) is 7.88. The molecule has 0 saturated carbocycles.